The van der Waals surface area contributed by atoms with E-state index in [2.05, 4.69) is 20.6 Å². The first-order chi connectivity index (χ1) is 14.7. The van der Waals surface area contributed by atoms with E-state index in [-0.39, 0.29) is 11.5 Å². The number of amides is 1. The topological polar surface area (TPSA) is 85.8 Å². The number of nitrogens with one attached hydrogen (secondary N) is 1. The van der Waals surface area contributed by atoms with Crippen LogP contribution in [0.25, 0.3) is 17.1 Å². The van der Waals surface area contributed by atoms with Crippen LogP contribution in [0.1, 0.15) is 27.4 Å². The van der Waals surface area contributed by atoms with Gasteiger partial charge in [0, 0.05) is 17.2 Å². The van der Waals surface area contributed by atoms with Crippen LogP contribution in [0.2, 0.25) is 0 Å². The van der Waals surface area contributed by atoms with Gasteiger partial charge in [-0.2, -0.15) is 23.3 Å². The molecular formula is C21H16F3N5O2. The Morgan fingerprint density at radius 2 is 1.81 bits per heavy atom. The van der Waals surface area contributed by atoms with E-state index in [9.17, 15) is 18.0 Å². The molecule has 0 unspecified atom stereocenters. The van der Waals surface area contributed by atoms with Crippen molar-refractivity contribution < 1.29 is 22.5 Å². The lowest BCUT2D eigenvalue weighted by Gasteiger charge is -2.12. The maximum Gasteiger partial charge on any atom is 0.416 e. The summed E-state index contributed by atoms with van der Waals surface area (Å²) in [6.45, 7) is 3.38. The summed E-state index contributed by atoms with van der Waals surface area (Å²) < 4.78 is 45.5. The van der Waals surface area contributed by atoms with Crippen molar-refractivity contribution in [3.63, 3.8) is 0 Å². The van der Waals surface area contributed by atoms with Crippen molar-refractivity contribution in [1.29, 1.82) is 0 Å². The second-order valence-corrected chi connectivity index (χ2v) is 6.81. The van der Waals surface area contributed by atoms with Crippen molar-refractivity contribution in [3.8, 4) is 17.1 Å². The maximum atomic E-state index is 13.1. The third-order valence-corrected chi connectivity index (χ3v) is 4.41. The minimum atomic E-state index is -4.49. The largest absolute Gasteiger partial charge is 0.416 e. The van der Waals surface area contributed by atoms with E-state index in [0.29, 0.717) is 28.5 Å². The third-order valence-electron chi connectivity index (χ3n) is 4.41. The SMILES string of the molecule is Cc1cc(NC(=O)c2ccc(-c3nc(C)no3)cc2)n(-c2cccc(C(F)(F)F)c2)n1. The summed E-state index contributed by atoms with van der Waals surface area (Å²) >= 11 is 0. The highest BCUT2D eigenvalue weighted by Gasteiger charge is 2.30. The molecular weight excluding hydrogens is 411 g/mol. The van der Waals surface area contributed by atoms with Gasteiger partial charge < -0.3 is 9.84 Å². The number of anilines is 1. The van der Waals surface area contributed by atoms with E-state index in [1.54, 1.807) is 44.2 Å². The Morgan fingerprint density at radius 1 is 1.06 bits per heavy atom. The summed E-state index contributed by atoms with van der Waals surface area (Å²) in [5, 5.41) is 10.6. The Bertz CT molecular complexity index is 1240. The average Bonchev–Trinajstić information content (AvgIpc) is 3.33. The first kappa shape index (κ1) is 20.3. The van der Waals surface area contributed by atoms with Crippen LogP contribution in [0.15, 0.2) is 59.1 Å². The molecule has 4 rings (SSSR count). The molecule has 0 saturated carbocycles. The van der Waals surface area contributed by atoms with Gasteiger partial charge in [-0.25, -0.2) is 4.68 Å². The maximum absolute atomic E-state index is 13.1. The summed E-state index contributed by atoms with van der Waals surface area (Å²) in [6, 6.07) is 12.8. The van der Waals surface area contributed by atoms with Crippen LogP contribution in [0.4, 0.5) is 19.0 Å². The monoisotopic (exact) mass is 427 g/mol. The first-order valence-corrected chi connectivity index (χ1v) is 9.17. The smallest absolute Gasteiger partial charge is 0.334 e. The molecule has 31 heavy (non-hydrogen) atoms. The van der Waals surface area contributed by atoms with Crippen LogP contribution < -0.4 is 5.32 Å². The molecule has 1 N–H and O–H groups in total. The number of halogens is 3. The van der Waals surface area contributed by atoms with Crippen LogP contribution >= 0.6 is 0 Å². The highest BCUT2D eigenvalue weighted by molar-refractivity contribution is 6.04. The molecule has 0 aliphatic carbocycles. The summed E-state index contributed by atoms with van der Waals surface area (Å²) in [7, 11) is 0. The number of rotatable bonds is 4. The molecule has 7 nitrogen and oxygen atoms in total. The predicted octanol–water partition coefficient (Wildman–Crippen LogP) is 4.81. The molecule has 2 heterocycles. The summed E-state index contributed by atoms with van der Waals surface area (Å²) in [4.78, 5) is 16.8. The van der Waals surface area contributed by atoms with Crippen LogP contribution in [-0.2, 0) is 6.18 Å². The highest BCUT2D eigenvalue weighted by atomic mass is 19.4. The van der Waals surface area contributed by atoms with E-state index in [4.69, 9.17) is 4.52 Å². The zero-order valence-corrected chi connectivity index (χ0v) is 16.4. The number of hydrogen-bond acceptors (Lipinski definition) is 5. The molecule has 0 bridgehead atoms. The van der Waals surface area contributed by atoms with Crippen LogP contribution in [0, 0.1) is 13.8 Å². The molecule has 2 aromatic carbocycles. The van der Waals surface area contributed by atoms with E-state index >= 15 is 0 Å². The van der Waals surface area contributed by atoms with Crippen molar-refractivity contribution in [2.24, 2.45) is 0 Å². The fourth-order valence-corrected chi connectivity index (χ4v) is 2.97. The first-order valence-electron chi connectivity index (χ1n) is 9.17. The molecule has 0 saturated heterocycles. The molecule has 0 radical (unpaired) electrons. The summed E-state index contributed by atoms with van der Waals surface area (Å²) in [5.74, 6) is 0.637. The molecule has 4 aromatic rings. The normalized spacial score (nSPS) is 11.5. The average molecular weight is 427 g/mol. The Balaban J connectivity index is 1.59. The van der Waals surface area contributed by atoms with Gasteiger partial charge in [0.15, 0.2) is 5.82 Å². The lowest BCUT2D eigenvalue weighted by Crippen LogP contribution is -2.15. The Morgan fingerprint density at radius 3 is 2.45 bits per heavy atom. The van der Waals surface area contributed by atoms with Crippen molar-refractivity contribution in [2.75, 3.05) is 5.32 Å². The number of aromatic nitrogens is 4. The molecule has 0 aliphatic heterocycles. The number of benzene rings is 2. The van der Waals surface area contributed by atoms with Crippen LogP contribution in [-0.4, -0.2) is 25.8 Å². The van der Waals surface area contributed by atoms with Crippen molar-refractivity contribution in [3.05, 3.63) is 77.2 Å². The van der Waals surface area contributed by atoms with E-state index < -0.39 is 17.6 Å². The Hall–Kier alpha value is -3.95. The zero-order chi connectivity index (χ0) is 22.2. The lowest BCUT2D eigenvalue weighted by atomic mass is 10.1. The fourth-order valence-electron chi connectivity index (χ4n) is 2.97. The van der Waals surface area contributed by atoms with E-state index in [1.165, 1.54) is 16.8 Å². The second kappa shape index (κ2) is 7.71. The highest BCUT2D eigenvalue weighted by Crippen LogP contribution is 2.31. The van der Waals surface area contributed by atoms with Gasteiger partial charge in [-0.05, 0) is 56.3 Å². The van der Waals surface area contributed by atoms with Crippen molar-refractivity contribution in [1.82, 2.24) is 19.9 Å². The number of nitrogens with zero attached hydrogens (tertiary/aromatic N) is 4. The summed E-state index contributed by atoms with van der Waals surface area (Å²) in [6.07, 6.45) is -4.49. The Kier molecular flexibility index (Phi) is 5.05. The molecule has 10 heteroatoms. The minimum Gasteiger partial charge on any atom is -0.334 e. The molecule has 1 amide bonds. The minimum absolute atomic E-state index is 0.181. The summed E-state index contributed by atoms with van der Waals surface area (Å²) in [5.41, 5.74) is 0.911. The van der Waals surface area contributed by atoms with Gasteiger partial charge in [-0.3, -0.25) is 4.79 Å². The molecule has 0 aliphatic rings. The Labute approximate surface area is 174 Å². The van der Waals surface area contributed by atoms with E-state index in [1.807, 2.05) is 0 Å². The third kappa shape index (κ3) is 4.32. The number of carbonyl (C=O) groups excluding carboxylic acids is 1. The molecule has 158 valence electrons. The van der Waals surface area contributed by atoms with E-state index in [0.717, 1.165) is 12.1 Å². The number of aryl methyl sites for hydroxylation is 2. The molecule has 0 spiro atoms. The van der Waals surface area contributed by atoms with Crippen molar-refractivity contribution >= 4 is 11.7 Å². The quantitative estimate of drug-likeness (QED) is 0.505. The van der Waals surface area contributed by atoms with Gasteiger partial charge in [-0.1, -0.05) is 11.2 Å². The lowest BCUT2D eigenvalue weighted by molar-refractivity contribution is -0.137. The number of alkyl halides is 3. The molecule has 2 aromatic heterocycles. The second-order valence-electron chi connectivity index (χ2n) is 6.81. The van der Waals surface area contributed by atoms with Crippen LogP contribution in [0.3, 0.4) is 0 Å². The molecule has 0 fully saturated rings. The van der Waals surface area contributed by atoms with Gasteiger partial charge >= 0.3 is 6.18 Å². The zero-order valence-electron chi connectivity index (χ0n) is 16.4. The van der Waals surface area contributed by atoms with Gasteiger partial charge in [0.2, 0.25) is 0 Å². The van der Waals surface area contributed by atoms with Gasteiger partial charge in [0.25, 0.3) is 11.8 Å². The standard InChI is InChI=1S/C21H16F3N5O2/c1-12-10-18(29(27-12)17-5-3-4-16(11-17)21(22,23)24)26-19(30)14-6-8-15(9-7-14)20-25-13(2)28-31-20/h3-11H,1-2H3,(H,26,30). The van der Waals surface area contributed by atoms with Crippen LogP contribution in [0.5, 0.6) is 0 Å². The van der Waals surface area contributed by atoms with Gasteiger partial charge in [0.1, 0.15) is 5.82 Å². The molecule has 0 atom stereocenters. The van der Waals surface area contributed by atoms with Crippen molar-refractivity contribution in [2.45, 2.75) is 20.0 Å². The fraction of sp³-hybridized carbons (Fsp3) is 0.143. The number of hydrogen-bond donors (Lipinski definition) is 1. The van der Waals surface area contributed by atoms with Gasteiger partial charge in [0.05, 0.1) is 16.9 Å². The predicted molar refractivity (Wildman–Crippen MR) is 106 cm³/mol. The number of carbonyl (C=O) groups is 1. The van der Waals surface area contributed by atoms with Gasteiger partial charge in [-0.15, -0.1) is 0 Å².